The Balaban J connectivity index is 1.92. The van der Waals surface area contributed by atoms with Crippen LogP contribution in [0.5, 0.6) is 0 Å². The van der Waals surface area contributed by atoms with Crippen LogP contribution >= 0.6 is 11.6 Å². The lowest BCUT2D eigenvalue weighted by molar-refractivity contribution is 0.0524. The normalized spacial score (nSPS) is 12.4. The van der Waals surface area contributed by atoms with E-state index < -0.39 is 0 Å². The highest BCUT2D eigenvalue weighted by molar-refractivity contribution is 6.29. The molecule has 0 amide bonds. The molecule has 0 saturated heterocycles. The van der Waals surface area contributed by atoms with Crippen LogP contribution in [0, 0.1) is 0 Å². The first-order valence-electron chi connectivity index (χ1n) is 5.52. The topological polar surface area (TPSA) is 22.1 Å². The van der Waals surface area contributed by atoms with Gasteiger partial charge in [0, 0.05) is 6.20 Å². The largest absolute Gasteiger partial charge is 0.369 e. The lowest BCUT2D eigenvalue weighted by atomic mass is 10.1. The fourth-order valence-corrected chi connectivity index (χ4v) is 1.65. The van der Waals surface area contributed by atoms with Crippen LogP contribution in [0.15, 0.2) is 48.7 Å². The molecule has 2 nitrogen and oxygen atoms in total. The average molecular weight is 248 g/mol. The van der Waals surface area contributed by atoms with Crippen molar-refractivity contribution in [3.8, 4) is 0 Å². The van der Waals surface area contributed by atoms with Crippen molar-refractivity contribution in [1.29, 1.82) is 0 Å². The van der Waals surface area contributed by atoms with Crippen LogP contribution in [0.25, 0.3) is 0 Å². The van der Waals surface area contributed by atoms with Gasteiger partial charge in [0.25, 0.3) is 0 Å². The Labute approximate surface area is 106 Å². The minimum Gasteiger partial charge on any atom is -0.369 e. The molecule has 1 heterocycles. The number of hydrogen-bond donors (Lipinski definition) is 0. The predicted octanol–water partition coefficient (Wildman–Crippen LogP) is 4.01. The van der Waals surface area contributed by atoms with Crippen molar-refractivity contribution in [2.75, 3.05) is 0 Å². The SMILES string of the molecule is CC(OCc1ccc(Cl)nc1)c1ccccc1. The zero-order valence-electron chi connectivity index (χ0n) is 9.64. The molecule has 1 atom stereocenters. The smallest absolute Gasteiger partial charge is 0.129 e. The summed E-state index contributed by atoms with van der Waals surface area (Å²) < 4.78 is 5.77. The van der Waals surface area contributed by atoms with Crippen molar-refractivity contribution in [3.63, 3.8) is 0 Å². The van der Waals surface area contributed by atoms with E-state index in [-0.39, 0.29) is 6.10 Å². The number of benzene rings is 1. The number of nitrogens with zero attached hydrogens (tertiary/aromatic N) is 1. The Morgan fingerprint density at radius 1 is 1.18 bits per heavy atom. The molecule has 0 bridgehead atoms. The van der Waals surface area contributed by atoms with Crippen molar-refractivity contribution >= 4 is 11.6 Å². The molecule has 0 fully saturated rings. The van der Waals surface area contributed by atoms with Crippen molar-refractivity contribution in [1.82, 2.24) is 4.98 Å². The van der Waals surface area contributed by atoms with E-state index >= 15 is 0 Å². The molecular weight excluding hydrogens is 234 g/mol. The molecule has 0 aliphatic carbocycles. The van der Waals surface area contributed by atoms with Gasteiger partial charge in [0.05, 0.1) is 12.7 Å². The first kappa shape index (κ1) is 12.1. The van der Waals surface area contributed by atoms with Gasteiger partial charge in [-0.2, -0.15) is 0 Å². The Hall–Kier alpha value is -1.38. The summed E-state index contributed by atoms with van der Waals surface area (Å²) in [5, 5.41) is 0.504. The van der Waals surface area contributed by atoms with Gasteiger partial charge < -0.3 is 4.74 Å². The number of halogens is 1. The van der Waals surface area contributed by atoms with Crippen LogP contribution in [0.1, 0.15) is 24.2 Å². The van der Waals surface area contributed by atoms with Gasteiger partial charge in [0.2, 0.25) is 0 Å². The molecule has 0 spiro atoms. The fraction of sp³-hybridized carbons (Fsp3) is 0.214. The maximum atomic E-state index is 5.77. The summed E-state index contributed by atoms with van der Waals surface area (Å²) in [6, 6.07) is 13.8. The molecule has 0 radical (unpaired) electrons. The third-order valence-electron chi connectivity index (χ3n) is 2.56. The summed E-state index contributed by atoms with van der Waals surface area (Å²) in [5.41, 5.74) is 2.20. The molecule has 17 heavy (non-hydrogen) atoms. The minimum absolute atomic E-state index is 0.0758. The molecular formula is C14H14ClNO. The van der Waals surface area contributed by atoms with E-state index in [1.807, 2.05) is 31.2 Å². The van der Waals surface area contributed by atoms with Crippen molar-refractivity contribution in [2.24, 2.45) is 0 Å². The van der Waals surface area contributed by atoms with E-state index in [0.29, 0.717) is 11.8 Å². The van der Waals surface area contributed by atoms with Gasteiger partial charge in [-0.25, -0.2) is 4.98 Å². The average Bonchev–Trinajstić information content (AvgIpc) is 2.39. The summed E-state index contributed by atoms with van der Waals surface area (Å²) in [5.74, 6) is 0. The van der Waals surface area contributed by atoms with Crippen LogP contribution in [-0.4, -0.2) is 4.98 Å². The number of aromatic nitrogens is 1. The van der Waals surface area contributed by atoms with Crippen LogP contribution in [-0.2, 0) is 11.3 Å². The van der Waals surface area contributed by atoms with Gasteiger partial charge in [0.15, 0.2) is 0 Å². The summed E-state index contributed by atoms with van der Waals surface area (Å²) in [6.45, 7) is 2.58. The van der Waals surface area contributed by atoms with Crippen LogP contribution in [0.2, 0.25) is 5.15 Å². The second-order valence-corrected chi connectivity index (χ2v) is 4.24. The van der Waals surface area contributed by atoms with Crippen LogP contribution in [0.3, 0.4) is 0 Å². The van der Waals surface area contributed by atoms with Gasteiger partial charge >= 0.3 is 0 Å². The van der Waals surface area contributed by atoms with Gasteiger partial charge in [-0.1, -0.05) is 48.0 Å². The summed E-state index contributed by atoms with van der Waals surface area (Å²) in [4.78, 5) is 4.02. The van der Waals surface area contributed by atoms with E-state index in [9.17, 15) is 0 Å². The first-order chi connectivity index (χ1) is 8.25. The Morgan fingerprint density at radius 3 is 2.59 bits per heavy atom. The molecule has 2 aromatic rings. The lowest BCUT2D eigenvalue weighted by Crippen LogP contribution is -2.00. The first-order valence-corrected chi connectivity index (χ1v) is 5.90. The zero-order chi connectivity index (χ0) is 12.1. The molecule has 1 unspecified atom stereocenters. The van der Waals surface area contributed by atoms with Gasteiger partial charge in [-0.3, -0.25) is 0 Å². The van der Waals surface area contributed by atoms with Crippen LogP contribution in [0.4, 0.5) is 0 Å². The van der Waals surface area contributed by atoms with Gasteiger partial charge in [0.1, 0.15) is 5.15 Å². The van der Waals surface area contributed by atoms with Crippen molar-refractivity contribution in [3.05, 3.63) is 64.9 Å². The predicted molar refractivity (Wildman–Crippen MR) is 68.9 cm³/mol. The summed E-state index contributed by atoms with van der Waals surface area (Å²) in [6.07, 6.45) is 1.81. The van der Waals surface area contributed by atoms with E-state index in [4.69, 9.17) is 16.3 Å². The molecule has 1 aromatic carbocycles. The maximum absolute atomic E-state index is 5.77. The molecule has 0 aliphatic rings. The standard InChI is InChI=1S/C14H14ClNO/c1-11(13-5-3-2-4-6-13)17-10-12-7-8-14(15)16-9-12/h2-9,11H,10H2,1H3. The molecule has 88 valence electrons. The number of rotatable bonds is 4. The zero-order valence-corrected chi connectivity index (χ0v) is 10.4. The van der Waals surface area contributed by atoms with Crippen molar-refractivity contribution in [2.45, 2.75) is 19.6 Å². The number of hydrogen-bond acceptors (Lipinski definition) is 2. The second-order valence-electron chi connectivity index (χ2n) is 3.85. The molecule has 2 rings (SSSR count). The van der Waals surface area contributed by atoms with Gasteiger partial charge in [-0.05, 0) is 24.1 Å². The Bertz CT molecular complexity index is 455. The molecule has 3 heteroatoms. The molecule has 0 aliphatic heterocycles. The minimum atomic E-state index is 0.0758. The third kappa shape index (κ3) is 3.55. The van der Waals surface area contributed by atoms with Crippen molar-refractivity contribution < 1.29 is 4.74 Å². The van der Waals surface area contributed by atoms with E-state index in [1.165, 1.54) is 5.56 Å². The molecule has 0 saturated carbocycles. The monoisotopic (exact) mass is 247 g/mol. The highest BCUT2D eigenvalue weighted by atomic mass is 35.5. The molecule has 1 aromatic heterocycles. The van der Waals surface area contributed by atoms with E-state index in [2.05, 4.69) is 17.1 Å². The fourth-order valence-electron chi connectivity index (χ4n) is 1.53. The van der Waals surface area contributed by atoms with Crippen LogP contribution < -0.4 is 0 Å². The highest BCUT2D eigenvalue weighted by Crippen LogP contribution is 2.18. The molecule has 0 N–H and O–H groups in total. The van der Waals surface area contributed by atoms with Gasteiger partial charge in [-0.15, -0.1) is 0 Å². The summed E-state index contributed by atoms with van der Waals surface area (Å²) >= 11 is 5.72. The number of ether oxygens (including phenoxy) is 1. The summed E-state index contributed by atoms with van der Waals surface area (Å²) in [7, 11) is 0. The Kier molecular flexibility index (Phi) is 4.13. The highest BCUT2D eigenvalue weighted by Gasteiger charge is 2.05. The Morgan fingerprint density at radius 2 is 1.94 bits per heavy atom. The number of pyridine rings is 1. The van der Waals surface area contributed by atoms with E-state index in [1.54, 1.807) is 12.3 Å². The lowest BCUT2D eigenvalue weighted by Gasteiger charge is -2.13. The second kappa shape index (κ2) is 5.80. The maximum Gasteiger partial charge on any atom is 0.129 e. The third-order valence-corrected chi connectivity index (χ3v) is 2.78. The van der Waals surface area contributed by atoms with E-state index in [0.717, 1.165) is 5.56 Å². The quantitative estimate of drug-likeness (QED) is 0.762.